The summed E-state index contributed by atoms with van der Waals surface area (Å²) < 4.78 is 37.9. The molecule has 0 saturated carbocycles. The maximum Gasteiger partial charge on any atom is 0.229 e. The second kappa shape index (κ2) is 11.0. The van der Waals surface area contributed by atoms with Crippen molar-refractivity contribution < 1.29 is 23.1 Å². The lowest BCUT2D eigenvalue weighted by Gasteiger charge is -2.32. The molecule has 1 aromatic carbocycles. The van der Waals surface area contributed by atoms with E-state index in [9.17, 15) is 4.39 Å². The number of anilines is 1. The highest BCUT2D eigenvalue weighted by Crippen LogP contribution is 2.34. The van der Waals surface area contributed by atoms with Crippen LogP contribution >= 0.6 is 0 Å². The summed E-state index contributed by atoms with van der Waals surface area (Å²) in [7, 11) is 4.64. The molecule has 1 saturated heterocycles. The van der Waals surface area contributed by atoms with Gasteiger partial charge in [-0.05, 0) is 31.0 Å². The minimum Gasteiger partial charge on any atom is -0.493 e. The largest absolute Gasteiger partial charge is 0.493 e. The number of hydrogen-bond donors (Lipinski definition) is 0. The normalized spacial score (nSPS) is 17.1. The van der Waals surface area contributed by atoms with Gasteiger partial charge in [-0.3, -0.25) is 4.57 Å². The van der Waals surface area contributed by atoms with Gasteiger partial charge in [-0.2, -0.15) is 4.98 Å². The van der Waals surface area contributed by atoms with E-state index in [1.165, 1.54) is 7.11 Å². The Morgan fingerprint density at radius 3 is 2.63 bits per heavy atom. The minimum absolute atomic E-state index is 0.0214. The van der Waals surface area contributed by atoms with Crippen LogP contribution in [0.3, 0.4) is 0 Å². The lowest BCUT2D eigenvalue weighted by molar-refractivity contribution is 0.114. The third kappa shape index (κ3) is 5.39. The van der Waals surface area contributed by atoms with Gasteiger partial charge in [0.1, 0.15) is 6.17 Å². The topological polar surface area (TPSA) is 101 Å². The van der Waals surface area contributed by atoms with Crippen molar-refractivity contribution in [2.75, 3.05) is 45.9 Å². The van der Waals surface area contributed by atoms with E-state index in [-0.39, 0.29) is 25.0 Å². The van der Waals surface area contributed by atoms with Crippen LogP contribution in [0.1, 0.15) is 50.2 Å². The first kappa shape index (κ1) is 24.9. The molecule has 3 heterocycles. The van der Waals surface area contributed by atoms with Crippen LogP contribution in [0.15, 0.2) is 22.7 Å². The molecule has 10 nitrogen and oxygen atoms in total. The Bertz CT molecular complexity index is 1120. The number of ether oxygens (including phenoxy) is 3. The van der Waals surface area contributed by atoms with E-state index < -0.39 is 6.17 Å². The molecule has 0 N–H and O–H groups in total. The van der Waals surface area contributed by atoms with Crippen LogP contribution in [0.4, 0.5) is 10.3 Å². The summed E-state index contributed by atoms with van der Waals surface area (Å²) in [4.78, 5) is 6.72. The summed E-state index contributed by atoms with van der Waals surface area (Å²) in [6.45, 7) is 5.50. The Morgan fingerprint density at radius 1 is 1.14 bits per heavy atom. The first-order chi connectivity index (χ1) is 16.9. The van der Waals surface area contributed by atoms with Crippen molar-refractivity contribution in [3.8, 4) is 22.9 Å². The van der Waals surface area contributed by atoms with Gasteiger partial charge in [0.05, 0.1) is 27.4 Å². The molecule has 1 aliphatic rings. The molecular weight excluding hydrogens is 455 g/mol. The van der Waals surface area contributed by atoms with E-state index in [0.29, 0.717) is 41.5 Å². The molecular formula is C24H33FN6O4. The summed E-state index contributed by atoms with van der Waals surface area (Å²) >= 11 is 0. The number of nitrogens with zero attached hydrogens (tertiary/aromatic N) is 6. The zero-order chi connectivity index (χ0) is 24.9. The second-order valence-electron chi connectivity index (χ2n) is 8.99. The molecule has 2 unspecified atom stereocenters. The van der Waals surface area contributed by atoms with E-state index >= 15 is 0 Å². The van der Waals surface area contributed by atoms with Gasteiger partial charge in [0.15, 0.2) is 23.1 Å². The molecule has 11 heteroatoms. The van der Waals surface area contributed by atoms with Crippen molar-refractivity contribution in [2.45, 2.75) is 51.2 Å². The van der Waals surface area contributed by atoms with Crippen LogP contribution in [-0.4, -0.2) is 72.1 Å². The number of alkyl halides is 1. The van der Waals surface area contributed by atoms with E-state index in [1.54, 1.807) is 20.3 Å². The van der Waals surface area contributed by atoms with E-state index in [1.807, 2.05) is 30.5 Å². The summed E-state index contributed by atoms with van der Waals surface area (Å²) in [6, 6.07) is 5.48. The number of rotatable bonds is 10. The molecule has 4 rings (SSSR count). The summed E-state index contributed by atoms with van der Waals surface area (Å²) in [5.74, 6) is 3.91. The number of methoxy groups -OCH3 is 3. The van der Waals surface area contributed by atoms with Crippen molar-refractivity contribution in [1.82, 2.24) is 24.9 Å². The molecule has 3 aromatic rings. The van der Waals surface area contributed by atoms with E-state index in [0.717, 1.165) is 24.9 Å². The summed E-state index contributed by atoms with van der Waals surface area (Å²) in [5, 5.41) is 13.1. The zero-order valence-electron chi connectivity index (χ0n) is 20.9. The third-order valence-electron chi connectivity index (χ3n) is 6.12. The van der Waals surface area contributed by atoms with E-state index in [4.69, 9.17) is 18.7 Å². The lowest BCUT2D eigenvalue weighted by atomic mass is 9.97. The van der Waals surface area contributed by atoms with Gasteiger partial charge < -0.3 is 23.6 Å². The molecule has 1 aliphatic heterocycles. The molecule has 0 radical (unpaired) electrons. The number of aromatic nitrogens is 5. The van der Waals surface area contributed by atoms with Crippen LogP contribution < -0.4 is 14.4 Å². The fourth-order valence-corrected chi connectivity index (χ4v) is 4.33. The van der Waals surface area contributed by atoms with Crippen molar-refractivity contribution in [3.63, 3.8) is 0 Å². The molecule has 0 aliphatic carbocycles. The average Bonchev–Trinajstić information content (AvgIpc) is 3.52. The van der Waals surface area contributed by atoms with Gasteiger partial charge in [0.2, 0.25) is 11.8 Å². The Balaban J connectivity index is 1.66. The van der Waals surface area contributed by atoms with Crippen LogP contribution in [0.25, 0.3) is 11.4 Å². The maximum atomic E-state index is 14.8. The van der Waals surface area contributed by atoms with Crippen LogP contribution in [0, 0.1) is 0 Å². The molecule has 2 aromatic heterocycles. The standard InChI is InChI=1S/C24H33FN6O4/c1-15(2)23-26-21(29-35-23)17-7-6-10-30(12-17)24-28-27-22(31(24)13-18(25)14-32-3)16-8-9-19(33-4)20(11-16)34-5/h8-9,11,15,17-18H,6-7,10,12-14H2,1-5H3. The van der Waals surface area contributed by atoms with Gasteiger partial charge >= 0.3 is 0 Å². The quantitative estimate of drug-likeness (QED) is 0.421. The van der Waals surface area contributed by atoms with Gasteiger partial charge in [-0.25, -0.2) is 4.39 Å². The molecule has 2 atom stereocenters. The van der Waals surface area contributed by atoms with E-state index in [2.05, 4.69) is 25.2 Å². The highest BCUT2D eigenvalue weighted by molar-refractivity contribution is 5.63. The smallest absolute Gasteiger partial charge is 0.229 e. The van der Waals surface area contributed by atoms with Gasteiger partial charge in [0.25, 0.3) is 0 Å². The minimum atomic E-state index is -1.22. The molecule has 0 spiro atoms. The van der Waals surface area contributed by atoms with Gasteiger partial charge in [0, 0.05) is 37.6 Å². The number of halogens is 1. The van der Waals surface area contributed by atoms with Gasteiger partial charge in [-0.1, -0.05) is 19.0 Å². The highest BCUT2D eigenvalue weighted by Gasteiger charge is 2.30. The van der Waals surface area contributed by atoms with Crippen molar-refractivity contribution in [2.24, 2.45) is 0 Å². The summed E-state index contributed by atoms with van der Waals surface area (Å²) in [6.07, 6.45) is 0.644. The maximum absolute atomic E-state index is 14.8. The molecule has 190 valence electrons. The first-order valence-corrected chi connectivity index (χ1v) is 11.8. The fourth-order valence-electron chi connectivity index (χ4n) is 4.33. The van der Waals surface area contributed by atoms with Crippen LogP contribution in [-0.2, 0) is 11.3 Å². The van der Waals surface area contributed by atoms with Crippen molar-refractivity contribution in [3.05, 3.63) is 29.9 Å². The predicted molar refractivity (Wildman–Crippen MR) is 128 cm³/mol. The van der Waals surface area contributed by atoms with Crippen LogP contribution in [0.5, 0.6) is 11.5 Å². The molecule has 35 heavy (non-hydrogen) atoms. The zero-order valence-corrected chi connectivity index (χ0v) is 20.9. The molecule has 0 amide bonds. The predicted octanol–water partition coefficient (Wildman–Crippen LogP) is 3.84. The molecule has 0 bridgehead atoms. The molecule has 1 fully saturated rings. The monoisotopic (exact) mass is 488 g/mol. The first-order valence-electron chi connectivity index (χ1n) is 11.8. The van der Waals surface area contributed by atoms with Crippen molar-refractivity contribution >= 4 is 5.95 Å². The number of hydrogen-bond acceptors (Lipinski definition) is 9. The van der Waals surface area contributed by atoms with Gasteiger partial charge in [-0.15, -0.1) is 10.2 Å². The summed E-state index contributed by atoms with van der Waals surface area (Å²) in [5.41, 5.74) is 0.749. The third-order valence-corrected chi connectivity index (χ3v) is 6.12. The highest BCUT2D eigenvalue weighted by atomic mass is 19.1. The number of benzene rings is 1. The average molecular weight is 489 g/mol. The fraction of sp³-hybridized carbons (Fsp3) is 0.583. The van der Waals surface area contributed by atoms with Crippen LogP contribution in [0.2, 0.25) is 0 Å². The second-order valence-corrected chi connectivity index (χ2v) is 8.99. The Morgan fingerprint density at radius 2 is 1.94 bits per heavy atom. The SMILES string of the molecule is COCC(F)Cn1c(-c2ccc(OC)c(OC)c2)nnc1N1CCCC(c2noc(C(C)C)n2)C1. The number of piperidine rings is 1. The lowest BCUT2D eigenvalue weighted by Crippen LogP contribution is -2.37. The Hall–Kier alpha value is -3.21. The van der Waals surface area contributed by atoms with Crippen molar-refractivity contribution in [1.29, 1.82) is 0 Å². The Kier molecular flexibility index (Phi) is 7.84. The Labute approximate surface area is 204 Å².